The van der Waals surface area contributed by atoms with Gasteiger partial charge in [0.1, 0.15) is 11.5 Å². The van der Waals surface area contributed by atoms with Crippen LogP contribution in [-0.4, -0.2) is 27.4 Å². The van der Waals surface area contributed by atoms with Crippen molar-refractivity contribution in [1.82, 2.24) is 0 Å². The zero-order valence-corrected chi connectivity index (χ0v) is 19.3. The van der Waals surface area contributed by atoms with Crippen LogP contribution in [0, 0.1) is 0 Å². The number of nitrogens with one attached hydrogen (secondary N) is 1. The van der Waals surface area contributed by atoms with E-state index in [1.807, 2.05) is 42.5 Å². The number of benzene rings is 2. The summed E-state index contributed by atoms with van der Waals surface area (Å²) in [6, 6.07) is 15.1. The zero-order chi connectivity index (χ0) is 21.8. The number of ether oxygens (including phenoxy) is 2. The van der Waals surface area contributed by atoms with Crippen LogP contribution in [0.2, 0.25) is 0 Å². The highest BCUT2D eigenvalue weighted by Gasteiger charge is 2.39. The first-order valence-electron chi connectivity index (χ1n) is 10.5. The van der Waals surface area contributed by atoms with Crippen molar-refractivity contribution in [2.75, 3.05) is 32.8 Å². The summed E-state index contributed by atoms with van der Waals surface area (Å²) in [6.07, 6.45) is 3.49. The van der Waals surface area contributed by atoms with Gasteiger partial charge in [-0.2, -0.15) is 0 Å². The van der Waals surface area contributed by atoms with Crippen molar-refractivity contribution in [3.8, 4) is 11.5 Å². The number of anilines is 1. The molecule has 0 bridgehead atoms. The molecule has 166 valence electrons. The highest BCUT2D eigenvalue weighted by molar-refractivity contribution is 7.54. The molecule has 7 heteroatoms. The minimum Gasteiger partial charge on any atom is -0.497 e. The Morgan fingerprint density at radius 1 is 0.900 bits per heavy atom. The second-order valence-corrected chi connectivity index (χ2v) is 9.05. The lowest BCUT2D eigenvalue weighted by Crippen LogP contribution is -2.17. The van der Waals surface area contributed by atoms with Gasteiger partial charge in [-0.15, -0.1) is 0 Å². The van der Waals surface area contributed by atoms with Gasteiger partial charge < -0.3 is 23.8 Å². The molecular formula is C23H34NO5P. The van der Waals surface area contributed by atoms with Crippen LogP contribution in [-0.2, 0) is 13.6 Å². The fraction of sp³-hybridized carbons (Fsp3) is 0.478. The second-order valence-electron chi connectivity index (χ2n) is 6.93. The fourth-order valence-electron chi connectivity index (χ4n) is 2.92. The summed E-state index contributed by atoms with van der Waals surface area (Å²) in [5.41, 5.74) is 1.51. The fourth-order valence-corrected chi connectivity index (χ4v) is 4.92. The number of hydrogen-bond acceptors (Lipinski definition) is 6. The topological polar surface area (TPSA) is 66.0 Å². The highest BCUT2D eigenvalue weighted by Crippen LogP contribution is 2.62. The van der Waals surface area contributed by atoms with Crippen molar-refractivity contribution in [1.29, 1.82) is 0 Å². The van der Waals surface area contributed by atoms with Gasteiger partial charge in [-0.25, -0.2) is 0 Å². The van der Waals surface area contributed by atoms with Gasteiger partial charge in [0.15, 0.2) is 5.78 Å². The lowest BCUT2D eigenvalue weighted by molar-refractivity contribution is 0.194. The predicted octanol–water partition coefficient (Wildman–Crippen LogP) is 6.64. The largest absolute Gasteiger partial charge is 0.497 e. The summed E-state index contributed by atoms with van der Waals surface area (Å²) in [5, 5.41) is 3.37. The van der Waals surface area contributed by atoms with Crippen LogP contribution in [0.1, 0.15) is 50.9 Å². The summed E-state index contributed by atoms with van der Waals surface area (Å²) < 4.78 is 36.9. The van der Waals surface area contributed by atoms with Crippen LogP contribution in [0.4, 0.5) is 5.69 Å². The summed E-state index contributed by atoms with van der Waals surface area (Å²) in [6.45, 7) is 4.87. The molecule has 0 aliphatic rings. The van der Waals surface area contributed by atoms with Gasteiger partial charge in [0.2, 0.25) is 0 Å². The molecule has 0 aliphatic heterocycles. The summed E-state index contributed by atoms with van der Waals surface area (Å²) in [5.74, 6) is 0.485. The number of rotatable bonds is 14. The minimum absolute atomic E-state index is 0.366. The van der Waals surface area contributed by atoms with E-state index in [4.69, 9.17) is 18.5 Å². The van der Waals surface area contributed by atoms with Crippen LogP contribution < -0.4 is 14.8 Å². The number of methoxy groups -OCH3 is 2. The van der Waals surface area contributed by atoms with E-state index in [-0.39, 0.29) is 0 Å². The number of hydrogen-bond donors (Lipinski definition) is 1. The van der Waals surface area contributed by atoms with Gasteiger partial charge in [-0.3, -0.25) is 4.57 Å². The van der Waals surface area contributed by atoms with Crippen LogP contribution in [0.15, 0.2) is 48.5 Å². The van der Waals surface area contributed by atoms with Gasteiger partial charge >= 0.3 is 7.60 Å². The van der Waals surface area contributed by atoms with E-state index >= 15 is 0 Å². The first-order valence-corrected chi connectivity index (χ1v) is 12.1. The Morgan fingerprint density at radius 2 is 1.53 bits per heavy atom. The first kappa shape index (κ1) is 24.3. The molecule has 30 heavy (non-hydrogen) atoms. The van der Waals surface area contributed by atoms with Crippen molar-refractivity contribution >= 4 is 13.3 Å². The third-order valence-electron chi connectivity index (χ3n) is 4.67. The van der Waals surface area contributed by atoms with Gasteiger partial charge in [0.25, 0.3) is 0 Å². The molecule has 2 aromatic rings. The van der Waals surface area contributed by atoms with Crippen LogP contribution >= 0.6 is 7.60 Å². The number of unbranched alkanes of at least 4 members (excludes halogenated alkanes) is 2. The van der Waals surface area contributed by atoms with Crippen molar-refractivity contribution in [3.05, 3.63) is 54.1 Å². The van der Waals surface area contributed by atoms with E-state index in [0.717, 1.165) is 31.4 Å². The molecule has 0 fully saturated rings. The van der Waals surface area contributed by atoms with Gasteiger partial charge in [0, 0.05) is 17.3 Å². The van der Waals surface area contributed by atoms with Gasteiger partial charge in [-0.05, 0) is 37.1 Å². The SMILES string of the molecule is CCCCOP(=O)(OCCCC)C(Nc1ccccc1)c1ccc(OC)cc1OC. The molecule has 0 heterocycles. The smallest absolute Gasteiger partial charge is 0.357 e. The third-order valence-corrected chi connectivity index (χ3v) is 6.79. The molecule has 0 amide bonds. The van der Waals surface area contributed by atoms with Crippen molar-refractivity contribution < 1.29 is 23.1 Å². The Hall–Kier alpha value is -2.01. The molecule has 0 aliphatic carbocycles. The Bertz CT molecular complexity index is 785. The molecule has 1 unspecified atom stereocenters. The van der Waals surface area contributed by atoms with Gasteiger partial charge in [-0.1, -0.05) is 44.9 Å². The Kier molecular flexibility index (Phi) is 10.2. The van der Waals surface area contributed by atoms with Crippen LogP contribution in [0.5, 0.6) is 11.5 Å². The quantitative estimate of drug-likeness (QED) is 0.265. The van der Waals surface area contributed by atoms with E-state index in [2.05, 4.69) is 19.2 Å². The molecule has 1 atom stereocenters. The predicted molar refractivity (Wildman–Crippen MR) is 122 cm³/mol. The molecule has 0 saturated carbocycles. The Morgan fingerprint density at radius 3 is 2.07 bits per heavy atom. The maximum atomic E-state index is 14.1. The maximum absolute atomic E-state index is 14.1. The lowest BCUT2D eigenvalue weighted by atomic mass is 10.1. The van der Waals surface area contributed by atoms with Crippen molar-refractivity contribution in [2.45, 2.75) is 45.3 Å². The normalized spacial score (nSPS) is 12.4. The maximum Gasteiger partial charge on any atom is 0.357 e. The lowest BCUT2D eigenvalue weighted by Gasteiger charge is -2.30. The monoisotopic (exact) mass is 435 g/mol. The summed E-state index contributed by atoms with van der Waals surface area (Å²) >= 11 is 0. The van der Waals surface area contributed by atoms with Crippen molar-refractivity contribution in [2.24, 2.45) is 0 Å². The Labute approximate surface area is 180 Å². The summed E-state index contributed by atoms with van der Waals surface area (Å²) in [4.78, 5) is 0. The second kappa shape index (κ2) is 12.6. The molecule has 2 rings (SSSR count). The van der Waals surface area contributed by atoms with Gasteiger partial charge in [0.05, 0.1) is 27.4 Å². The third kappa shape index (κ3) is 6.76. The van der Waals surface area contributed by atoms with Crippen LogP contribution in [0.3, 0.4) is 0 Å². The standard InChI is InChI=1S/C23H34NO5P/c1-5-7-16-28-30(25,29-17-8-6-2)23(24-19-12-10-9-11-13-19)21-15-14-20(26-3)18-22(21)27-4/h9-15,18,23-24H,5-8,16-17H2,1-4H3. The molecule has 2 aromatic carbocycles. The zero-order valence-electron chi connectivity index (χ0n) is 18.4. The Balaban J connectivity index is 2.49. The molecule has 6 nitrogen and oxygen atoms in total. The summed E-state index contributed by atoms with van der Waals surface area (Å²) in [7, 11) is -0.392. The average Bonchev–Trinajstić information content (AvgIpc) is 2.78. The van der Waals surface area contributed by atoms with E-state index in [0.29, 0.717) is 30.3 Å². The highest BCUT2D eigenvalue weighted by atomic mass is 31.2. The molecule has 0 saturated heterocycles. The molecule has 0 radical (unpaired) electrons. The molecule has 1 N–H and O–H groups in total. The molecular weight excluding hydrogens is 401 g/mol. The van der Waals surface area contributed by atoms with E-state index < -0.39 is 13.4 Å². The minimum atomic E-state index is -3.57. The molecule has 0 aromatic heterocycles. The van der Waals surface area contributed by atoms with Crippen molar-refractivity contribution in [3.63, 3.8) is 0 Å². The average molecular weight is 436 g/mol. The van der Waals surface area contributed by atoms with Crippen LogP contribution in [0.25, 0.3) is 0 Å². The van der Waals surface area contributed by atoms with E-state index in [1.54, 1.807) is 20.3 Å². The molecule has 0 spiro atoms. The first-order chi connectivity index (χ1) is 14.6. The van der Waals surface area contributed by atoms with E-state index in [9.17, 15) is 4.57 Å². The number of para-hydroxylation sites is 1. The van der Waals surface area contributed by atoms with E-state index in [1.165, 1.54) is 0 Å².